The second-order valence-corrected chi connectivity index (χ2v) is 6.85. The van der Waals surface area contributed by atoms with Crippen LogP contribution in [-0.4, -0.2) is 59.4 Å². The Morgan fingerprint density at radius 2 is 2.00 bits per heavy atom. The molecule has 1 heterocycles. The van der Waals surface area contributed by atoms with Gasteiger partial charge in [-0.05, 0) is 47.0 Å². The Morgan fingerprint density at radius 3 is 2.38 bits per heavy atom. The van der Waals surface area contributed by atoms with Crippen molar-refractivity contribution in [3.8, 4) is 0 Å². The number of piperazine rings is 1. The molecule has 2 fully saturated rings. The fraction of sp³-hybridized carbons (Fsp3) is 0.867. The molecule has 0 aromatic carbocycles. The van der Waals surface area contributed by atoms with Crippen LogP contribution in [0.15, 0.2) is 4.99 Å². The van der Waals surface area contributed by atoms with E-state index >= 15 is 0 Å². The van der Waals surface area contributed by atoms with Gasteiger partial charge in [-0.2, -0.15) is 0 Å². The van der Waals surface area contributed by atoms with E-state index in [-0.39, 0.29) is 41.5 Å². The summed E-state index contributed by atoms with van der Waals surface area (Å²) in [7, 11) is 1.80. The molecule has 0 atom stereocenters. The van der Waals surface area contributed by atoms with Crippen molar-refractivity contribution >= 4 is 35.8 Å². The van der Waals surface area contributed by atoms with Gasteiger partial charge in [-0.25, -0.2) is 0 Å². The average Bonchev–Trinajstić information content (AvgIpc) is 2.24. The maximum absolute atomic E-state index is 12.5. The Hall–Kier alpha value is -0.530. The van der Waals surface area contributed by atoms with Crippen molar-refractivity contribution in [2.75, 3.05) is 20.1 Å². The summed E-state index contributed by atoms with van der Waals surface area (Å²) in [6, 6.07) is 0.774. The van der Waals surface area contributed by atoms with Gasteiger partial charge < -0.3 is 15.1 Å². The third-order valence-electron chi connectivity index (χ3n) is 4.29. The number of nitrogens with zero attached hydrogens (tertiary/aromatic N) is 3. The van der Waals surface area contributed by atoms with Crippen molar-refractivity contribution in [1.82, 2.24) is 15.1 Å². The summed E-state index contributed by atoms with van der Waals surface area (Å²) in [5.41, 5.74) is -0.166. The second kappa shape index (κ2) is 7.15. The lowest BCUT2D eigenvalue weighted by Gasteiger charge is -2.50. The minimum atomic E-state index is -0.166. The van der Waals surface area contributed by atoms with Crippen LogP contribution in [0.1, 0.15) is 47.0 Å². The molecule has 122 valence electrons. The summed E-state index contributed by atoms with van der Waals surface area (Å²) in [5.74, 6) is 1.06. The van der Waals surface area contributed by atoms with Crippen molar-refractivity contribution in [2.24, 2.45) is 4.99 Å². The van der Waals surface area contributed by atoms with Gasteiger partial charge in [0.05, 0.1) is 12.1 Å². The molecule has 0 spiro atoms. The Kier molecular flexibility index (Phi) is 6.31. The molecule has 1 amide bonds. The average molecular weight is 408 g/mol. The van der Waals surface area contributed by atoms with E-state index < -0.39 is 0 Å². The summed E-state index contributed by atoms with van der Waals surface area (Å²) in [6.45, 7) is 9.67. The maximum Gasteiger partial charge on any atom is 0.242 e. The first-order valence-corrected chi connectivity index (χ1v) is 7.65. The Balaban J connectivity index is 0.00000220. The lowest BCUT2D eigenvalue weighted by atomic mass is 9.93. The molecule has 1 saturated heterocycles. The highest BCUT2D eigenvalue weighted by Crippen LogP contribution is 2.25. The lowest BCUT2D eigenvalue weighted by Crippen LogP contribution is -2.66. The second-order valence-electron chi connectivity index (χ2n) is 6.85. The van der Waals surface area contributed by atoms with E-state index in [1.54, 1.807) is 7.05 Å². The Bertz CT molecular complexity index is 404. The van der Waals surface area contributed by atoms with Crippen LogP contribution in [0.4, 0.5) is 0 Å². The van der Waals surface area contributed by atoms with Crippen molar-refractivity contribution in [3.05, 3.63) is 0 Å². The smallest absolute Gasteiger partial charge is 0.242 e. The van der Waals surface area contributed by atoms with Crippen molar-refractivity contribution < 1.29 is 4.79 Å². The molecule has 0 aromatic rings. The summed E-state index contributed by atoms with van der Waals surface area (Å²) in [4.78, 5) is 20.9. The molecule has 1 saturated carbocycles. The van der Waals surface area contributed by atoms with Gasteiger partial charge in [0, 0.05) is 25.7 Å². The predicted octanol–water partition coefficient (Wildman–Crippen LogP) is 2.06. The standard InChI is InChI=1S/C15H28N4O.HI/c1-11(2)19-13(20)9-18(10-15(19,3)4)14(16-5)17-12-7-6-8-12;/h11-12H,6-10H2,1-5H3,(H,16,17);1H. The molecule has 1 aliphatic carbocycles. The molecular formula is C15H29IN4O. The zero-order valence-corrected chi connectivity index (χ0v) is 16.2. The number of hydrogen-bond acceptors (Lipinski definition) is 2. The number of aliphatic imine (C=N–C) groups is 1. The molecular weight excluding hydrogens is 379 g/mol. The topological polar surface area (TPSA) is 47.9 Å². The summed E-state index contributed by atoms with van der Waals surface area (Å²) < 4.78 is 0. The van der Waals surface area contributed by atoms with Crippen molar-refractivity contribution in [3.63, 3.8) is 0 Å². The number of hydrogen-bond donors (Lipinski definition) is 1. The fourth-order valence-corrected chi connectivity index (χ4v) is 3.35. The van der Waals surface area contributed by atoms with Gasteiger partial charge in [-0.1, -0.05) is 0 Å². The van der Waals surface area contributed by atoms with Crippen LogP contribution < -0.4 is 5.32 Å². The van der Waals surface area contributed by atoms with E-state index in [1.807, 2.05) is 4.90 Å². The molecule has 0 bridgehead atoms. The van der Waals surface area contributed by atoms with E-state index in [4.69, 9.17) is 0 Å². The number of nitrogens with one attached hydrogen (secondary N) is 1. The van der Waals surface area contributed by atoms with Crippen LogP contribution in [0.2, 0.25) is 0 Å². The van der Waals surface area contributed by atoms with Crippen LogP contribution in [0.25, 0.3) is 0 Å². The number of carbonyl (C=O) groups excluding carboxylic acids is 1. The first-order valence-electron chi connectivity index (χ1n) is 7.65. The van der Waals surface area contributed by atoms with Gasteiger partial charge >= 0.3 is 0 Å². The predicted molar refractivity (Wildman–Crippen MR) is 97.2 cm³/mol. The lowest BCUT2D eigenvalue weighted by molar-refractivity contribution is -0.145. The SMILES string of the molecule is CN=C(NC1CCC1)N1CC(=O)N(C(C)C)C(C)(C)C1.I. The summed E-state index contributed by atoms with van der Waals surface area (Å²) in [5, 5.41) is 3.48. The van der Waals surface area contributed by atoms with Crippen LogP contribution in [0.3, 0.4) is 0 Å². The third kappa shape index (κ3) is 4.02. The number of rotatable bonds is 2. The van der Waals surface area contributed by atoms with Gasteiger partial charge in [0.15, 0.2) is 5.96 Å². The quantitative estimate of drug-likeness (QED) is 0.433. The van der Waals surface area contributed by atoms with Gasteiger partial charge in [0.2, 0.25) is 5.91 Å². The maximum atomic E-state index is 12.5. The van der Waals surface area contributed by atoms with Crippen LogP contribution in [0.5, 0.6) is 0 Å². The molecule has 0 radical (unpaired) electrons. The molecule has 21 heavy (non-hydrogen) atoms. The number of halogens is 1. The normalized spacial score (nSPS) is 23.0. The number of carbonyl (C=O) groups is 1. The number of amides is 1. The van der Waals surface area contributed by atoms with E-state index in [0.29, 0.717) is 12.6 Å². The third-order valence-corrected chi connectivity index (χ3v) is 4.29. The highest BCUT2D eigenvalue weighted by Gasteiger charge is 2.41. The minimum Gasteiger partial charge on any atom is -0.354 e. The van der Waals surface area contributed by atoms with Gasteiger partial charge in [0.1, 0.15) is 0 Å². The van der Waals surface area contributed by atoms with Crippen LogP contribution in [0, 0.1) is 0 Å². The fourth-order valence-electron chi connectivity index (χ4n) is 3.35. The van der Waals surface area contributed by atoms with Gasteiger partial charge in [0.25, 0.3) is 0 Å². The minimum absolute atomic E-state index is 0. The first-order chi connectivity index (χ1) is 9.35. The molecule has 0 aromatic heterocycles. The monoisotopic (exact) mass is 408 g/mol. The molecule has 1 aliphatic heterocycles. The molecule has 6 heteroatoms. The highest BCUT2D eigenvalue weighted by molar-refractivity contribution is 14.0. The summed E-state index contributed by atoms with van der Waals surface area (Å²) >= 11 is 0. The van der Waals surface area contributed by atoms with Gasteiger partial charge in [-0.15, -0.1) is 24.0 Å². The summed E-state index contributed by atoms with van der Waals surface area (Å²) in [6.07, 6.45) is 3.71. The van der Waals surface area contributed by atoms with E-state index in [1.165, 1.54) is 19.3 Å². The molecule has 1 N–H and O–H groups in total. The van der Waals surface area contributed by atoms with Crippen LogP contribution >= 0.6 is 24.0 Å². The Morgan fingerprint density at radius 1 is 1.38 bits per heavy atom. The van der Waals surface area contributed by atoms with Crippen molar-refractivity contribution in [1.29, 1.82) is 0 Å². The van der Waals surface area contributed by atoms with E-state index in [0.717, 1.165) is 12.5 Å². The largest absolute Gasteiger partial charge is 0.354 e. The van der Waals surface area contributed by atoms with E-state index in [9.17, 15) is 4.79 Å². The van der Waals surface area contributed by atoms with E-state index in [2.05, 4.69) is 42.9 Å². The molecule has 5 nitrogen and oxygen atoms in total. The number of guanidine groups is 1. The van der Waals surface area contributed by atoms with Crippen LogP contribution in [-0.2, 0) is 4.79 Å². The molecule has 2 rings (SSSR count). The highest BCUT2D eigenvalue weighted by atomic mass is 127. The molecule has 2 aliphatic rings. The Labute approximate surface area is 145 Å². The molecule has 0 unspecified atom stereocenters. The first kappa shape index (κ1) is 18.5. The zero-order chi connectivity index (χ0) is 14.9. The zero-order valence-electron chi connectivity index (χ0n) is 13.8. The van der Waals surface area contributed by atoms with Crippen molar-refractivity contribution in [2.45, 2.75) is 64.6 Å². The van der Waals surface area contributed by atoms with Gasteiger partial charge in [-0.3, -0.25) is 9.79 Å².